The molecule has 1 saturated heterocycles. The van der Waals surface area contributed by atoms with Crippen LogP contribution in [0.5, 0.6) is 0 Å². The van der Waals surface area contributed by atoms with E-state index in [0.29, 0.717) is 5.92 Å². The SMILES string of the molecule is CC1CCC(C)N(C(=O)c2cccc(F)c2N)C1. The Kier molecular flexibility index (Phi) is 3.55. The van der Waals surface area contributed by atoms with Crippen LogP contribution in [-0.4, -0.2) is 23.4 Å². The zero-order valence-corrected chi connectivity index (χ0v) is 10.8. The molecular weight excluding hydrogens is 231 g/mol. The summed E-state index contributed by atoms with van der Waals surface area (Å²) < 4.78 is 13.4. The maximum absolute atomic E-state index is 13.4. The summed E-state index contributed by atoms with van der Waals surface area (Å²) in [6.45, 7) is 4.87. The smallest absolute Gasteiger partial charge is 0.256 e. The predicted molar refractivity (Wildman–Crippen MR) is 69.7 cm³/mol. The molecule has 1 aromatic rings. The van der Waals surface area contributed by atoms with Crippen LogP contribution < -0.4 is 5.73 Å². The minimum Gasteiger partial charge on any atom is -0.396 e. The second-order valence-corrected chi connectivity index (χ2v) is 5.19. The van der Waals surface area contributed by atoms with Gasteiger partial charge in [0.1, 0.15) is 5.82 Å². The van der Waals surface area contributed by atoms with Crippen molar-refractivity contribution in [1.29, 1.82) is 0 Å². The number of para-hydroxylation sites is 1. The number of carbonyl (C=O) groups excluding carboxylic acids is 1. The highest BCUT2D eigenvalue weighted by molar-refractivity contribution is 5.99. The van der Waals surface area contributed by atoms with Crippen LogP contribution in [0.1, 0.15) is 37.0 Å². The van der Waals surface area contributed by atoms with Crippen LogP contribution in [0.15, 0.2) is 18.2 Å². The molecule has 2 N–H and O–H groups in total. The number of anilines is 1. The molecule has 0 aliphatic carbocycles. The molecule has 0 bridgehead atoms. The standard InChI is InChI=1S/C14H19FN2O/c1-9-6-7-10(2)17(8-9)14(18)11-4-3-5-12(15)13(11)16/h3-5,9-10H,6-8,16H2,1-2H3. The molecule has 18 heavy (non-hydrogen) atoms. The fourth-order valence-electron chi connectivity index (χ4n) is 2.45. The van der Waals surface area contributed by atoms with Crippen molar-refractivity contribution < 1.29 is 9.18 Å². The summed E-state index contributed by atoms with van der Waals surface area (Å²) in [5.41, 5.74) is 5.87. The molecule has 2 atom stereocenters. The Bertz CT molecular complexity index is 461. The van der Waals surface area contributed by atoms with Gasteiger partial charge in [-0.25, -0.2) is 4.39 Å². The summed E-state index contributed by atoms with van der Waals surface area (Å²) in [7, 11) is 0. The van der Waals surface area contributed by atoms with Crippen molar-refractivity contribution in [2.24, 2.45) is 5.92 Å². The van der Waals surface area contributed by atoms with E-state index in [1.165, 1.54) is 12.1 Å². The number of nitrogens with zero attached hydrogens (tertiary/aromatic N) is 1. The first-order valence-corrected chi connectivity index (χ1v) is 6.35. The van der Waals surface area contributed by atoms with Gasteiger partial charge in [0, 0.05) is 12.6 Å². The van der Waals surface area contributed by atoms with E-state index in [1.807, 2.05) is 6.92 Å². The molecule has 0 saturated carbocycles. The van der Waals surface area contributed by atoms with Crippen molar-refractivity contribution in [3.8, 4) is 0 Å². The molecule has 1 aliphatic heterocycles. The lowest BCUT2D eigenvalue weighted by Crippen LogP contribution is -2.45. The van der Waals surface area contributed by atoms with Crippen LogP contribution in [0.2, 0.25) is 0 Å². The molecule has 1 aromatic carbocycles. The molecule has 0 spiro atoms. The average molecular weight is 250 g/mol. The van der Waals surface area contributed by atoms with Gasteiger partial charge in [-0.3, -0.25) is 4.79 Å². The lowest BCUT2D eigenvalue weighted by molar-refractivity contribution is 0.0575. The molecule has 98 valence electrons. The van der Waals surface area contributed by atoms with Crippen molar-refractivity contribution in [3.05, 3.63) is 29.6 Å². The van der Waals surface area contributed by atoms with Gasteiger partial charge >= 0.3 is 0 Å². The second kappa shape index (κ2) is 4.96. The van der Waals surface area contributed by atoms with Gasteiger partial charge in [0.25, 0.3) is 5.91 Å². The molecule has 1 heterocycles. The fraction of sp³-hybridized carbons (Fsp3) is 0.500. The van der Waals surface area contributed by atoms with E-state index in [2.05, 4.69) is 6.92 Å². The largest absolute Gasteiger partial charge is 0.396 e. The van der Waals surface area contributed by atoms with E-state index >= 15 is 0 Å². The predicted octanol–water partition coefficient (Wildman–Crippen LogP) is 2.67. The number of nitrogen functional groups attached to an aromatic ring is 1. The summed E-state index contributed by atoms with van der Waals surface area (Å²) in [6, 6.07) is 4.58. The zero-order valence-electron chi connectivity index (χ0n) is 10.8. The molecule has 2 unspecified atom stereocenters. The molecular formula is C14H19FN2O. The molecule has 2 rings (SSSR count). The summed E-state index contributed by atoms with van der Waals surface area (Å²) in [4.78, 5) is 14.2. The maximum atomic E-state index is 13.4. The monoisotopic (exact) mass is 250 g/mol. The van der Waals surface area contributed by atoms with E-state index in [0.717, 1.165) is 19.4 Å². The first kappa shape index (κ1) is 12.9. The van der Waals surface area contributed by atoms with Crippen molar-refractivity contribution >= 4 is 11.6 Å². The average Bonchev–Trinajstić information content (AvgIpc) is 2.35. The number of hydrogen-bond acceptors (Lipinski definition) is 2. The number of piperidine rings is 1. The molecule has 0 aromatic heterocycles. The molecule has 1 amide bonds. The van der Waals surface area contributed by atoms with Crippen molar-refractivity contribution in [2.75, 3.05) is 12.3 Å². The van der Waals surface area contributed by atoms with Crippen molar-refractivity contribution in [2.45, 2.75) is 32.7 Å². The third-order valence-electron chi connectivity index (χ3n) is 3.66. The topological polar surface area (TPSA) is 46.3 Å². The first-order valence-electron chi connectivity index (χ1n) is 6.35. The fourth-order valence-corrected chi connectivity index (χ4v) is 2.45. The van der Waals surface area contributed by atoms with Crippen LogP contribution in [0, 0.1) is 11.7 Å². The Morgan fingerprint density at radius 2 is 2.11 bits per heavy atom. The van der Waals surface area contributed by atoms with Crippen LogP contribution >= 0.6 is 0 Å². The summed E-state index contributed by atoms with van der Waals surface area (Å²) >= 11 is 0. The number of nitrogens with two attached hydrogens (primary N) is 1. The molecule has 1 aliphatic rings. The van der Waals surface area contributed by atoms with Crippen LogP contribution in [0.25, 0.3) is 0 Å². The quantitative estimate of drug-likeness (QED) is 0.779. The zero-order chi connectivity index (χ0) is 13.3. The van der Waals surface area contributed by atoms with E-state index < -0.39 is 5.82 Å². The van der Waals surface area contributed by atoms with Gasteiger partial charge in [-0.1, -0.05) is 13.0 Å². The van der Waals surface area contributed by atoms with Crippen LogP contribution in [-0.2, 0) is 0 Å². The number of hydrogen-bond donors (Lipinski definition) is 1. The highest BCUT2D eigenvalue weighted by Crippen LogP contribution is 2.25. The summed E-state index contributed by atoms with van der Waals surface area (Å²) in [5.74, 6) is -0.204. The number of carbonyl (C=O) groups is 1. The minimum absolute atomic E-state index is 0.0482. The number of amides is 1. The van der Waals surface area contributed by atoms with Gasteiger partial charge in [0.2, 0.25) is 0 Å². The second-order valence-electron chi connectivity index (χ2n) is 5.19. The van der Waals surface area contributed by atoms with Gasteiger partial charge in [0.05, 0.1) is 11.3 Å². The highest BCUT2D eigenvalue weighted by atomic mass is 19.1. The van der Waals surface area contributed by atoms with Gasteiger partial charge in [-0.2, -0.15) is 0 Å². The third kappa shape index (κ3) is 2.33. The lowest BCUT2D eigenvalue weighted by atomic mass is 9.94. The Hall–Kier alpha value is -1.58. The van der Waals surface area contributed by atoms with Crippen LogP contribution in [0.3, 0.4) is 0 Å². The Morgan fingerprint density at radius 1 is 1.39 bits per heavy atom. The van der Waals surface area contributed by atoms with E-state index in [4.69, 9.17) is 5.73 Å². The lowest BCUT2D eigenvalue weighted by Gasteiger charge is -2.37. The molecule has 4 heteroatoms. The molecule has 1 fully saturated rings. The summed E-state index contributed by atoms with van der Waals surface area (Å²) in [5, 5.41) is 0. The van der Waals surface area contributed by atoms with Crippen molar-refractivity contribution in [3.63, 3.8) is 0 Å². The number of rotatable bonds is 1. The van der Waals surface area contributed by atoms with Crippen LogP contribution in [0.4, 0.5) is 10.1 Å². The maximum Gasteiger partial charge on any atom is 0.256 e. The van der Waals surface area contributed by atoms with Crippen molar-refractivity contribution in [1.82, 2.24) is 4.90 Å². The van der Waals surface area contributed by atoms with Gasteiger partial charge < -0.3 is 10.6 Å². The Balaban J connectivity index is 2.27. The Labute approximate surface area is 107 Å². The third-order valence-corrected chi connectivity index (χ3v) is 3.66. The molecule has 0 radical (unpaired) electrons. The van der Waals surface area contributed by atoms with E-state index in [-0.39, 0.29) is 23.2 Å². The first-order chi connectivity index (χ1) is 8.50. The van der Waals surface area contributed by atoms with Gasteiger partial charge in [-0.15, -0.1) is 0 Å². The van der Waals surface area contributed by atoms with Gasteiger partial charge in [0.15, 0.2) is 0 Å². The summed E-state index contributed by atoms with van der Waals surface area (Å²) in [6.07, 6.45) is 2.12. The number of likely N-dealkylation sites (tertiary alicyclic amines) is 1. The van der Waals surface area contributed by atoms with E-state index in [1.54, 1.807) is 11.0 Å². The highest BCUT2D eigenvalue weighted by Gasteiger charge is 2.28. The normalized spacial score (nSPS) is 24.1. The Morgan fingerprint density at radius 3 is 2.83 bits per heavy atom. The van der Waals surface area contributed by atoms with Gasteiger partial charge in [-0.05, 0) is 37.8 Å². The number of benzene rings is 1. The minimum atomic E-state index is -0.529. The number of halogens is 1. The molecule has 3 nitrogen and oxygen atoms in total. The van der Waals surface area contributed by atoms with E-state index in [9.17, 15) is 9.18 Å².